The molecule has 8 heteroatoms. The Labute approximate surface area is 192 Å². The molecule has 3 aromatic heterocycles. The number of benzene rings is 1. The van der Waals surface area contributed by atoms with Crippen molar-refractivity contribution in [1.29, 1.82) is 0 Å². The number of hydrogen-bond donors (Lipinski definition) is 1. The highest BCUT2D eigenvalue weighted by Gasteiger charge is 2.22. The molecule has 0 saturated heterocycles. The molecule has 168 valence electrons. The van der Waals surface area contributed by atoms with Crippen LogP contribution in [0.1, 0.15) is 42.5 Å². The Hall–Kier alpha value is -4.07. The Morgan fingerprint density at radius 1 is 1.06 bits per heavy atom. The standard InChI is InChI=1S/C25H26N6O2/c1-16-8-9-17(29-23(32)20-14-22(25(2,3)4)30-31(20)5)13-21(16)33-24-18(7-6-11-27-24)19-10-12-26-15-28-19/h6-15H,1-5H3,(H,29,32). The van der Waals surface area contributed by atoms with Crippen LogP contribution < -0.4 is 10.1 Å². The fraction of sp³-hybridized carbons (Fsp3) is 0.240. The van der Waals surface area contributed by atoms with Gasteiger partial charge < -0.3 is 10.1 Å². The number of anilines is 1. The van der Waals surface area contributed by atoms with E-state index in [9.17, 15) is 4.79 Å². The monoisotopic (exact) mass is 442 g/mol. The number of nitrogens with zero attached hydrogens (tertiary/aromatic N) is 5. The highest BCUT2D eigenvalue weighted by molar-refractivity contribution is 6.03. The Morgan fingerprint density at radius 2 is 1.88 bits per heavy atom. The number of aryl methyl sites for hydroxylation is 2. The number of nitrogens with one attached hydrogen (secondary N) is 1. The van der Waals surface area contributed by atoms with E-state index in [0.29, 0.717) is 28.7 Å². The molecule has 0 aliphatic carbocycles. The predicted molar refractivity (Wildman–Crippen MR) is 126 cm³/mol. The maximum absolute atomic E-state index is 12.9. The first-order chi connectivity index (χ1) is 15.7. The second-order valence-corrected chi connectivity index (χ2v) is 8.78. The SMILES string of the molecule is Cc1ccc(NC(=O)c2cc(C(C)(C)C)nn2C)cc1Oc1ncccc1-c1ccncn1. The average Bonchev–Trinajstić information content (AvgIpc) is 3.19. The lowest BCUT2D eigenvalue weighted by Crippen LogP contribution is -2.16. The molecule has 0 saturated carbocycles. The van der Waals surface area contributed by atoms with Crippen molar-refractivity contribution < 1.29 is 9.53 Å². The molecule has 0 unspecified atom stereocenters. The molecule has 33 heavy (non-hydrogen) atoms. The van der Waals surface area contributed by atoms with Crippen molar-refractivity contribution in [3.05, 3.63) is 78.1 Å². The van der Waals surface area contributed by atoms with Gasteiger partial charge in [-0.25, -0.2) is 15.0 Å². The predicted octanol–water partition coefficient (Wildman–Crippen LogP) is 4.92. The summed E-state index contributed by atoms with van der Waals surface area (Å²) in [7, 11) is 1.77. The zero-order valence-electron chi connectivity index (χ0n) is 19.3. The molecule has 0 fully saturated rings. The first-order valence-corrected chi connectivity index (χ1v) is 10.6. The molecule has 0 aliphatic heterocycles. The number of pyridine rings is 1. The van der Waals surface area contributed by atoms with Crippen molar-refractivity contribution in [1.82, 2.24) is 24.7 Å². The molecule has 3 heterocycles. The molecule has 0 bridgehead atoms. The van der Waals surface area contributed by atoms with Gasteiger partial charge in [-0.15, -0.1) is 0 Å². The molecule has 0 atom stereocenters. The van der Waals surface area contributed by atoms with Gasteiger partial charge >= 0.3 is 0 Å². The summed E-state index contributed by atoms with van der Waals surface area (Å²) in [6.07, 6.45) is 4.82. The van der Waals surface area contributed by atoms with Crippen LogP contribution >= 0.6 is 0 Å². The summed E-state index contributed by atoms with van der Waals surface area (Å²) >= 11 is 0. The fourth-order valence-corrected chi connectivity index (χ4v) is 3.25. The number of amides is 1. The Kier molecular flexibility index (Phi) is 5.91. The third kappa shape index (κ3) is 4.90. The van der Waals surface area contributed by atoms with E-state index in [1.807, 2.05) is 37.3 Å². The summed E-state index contributed by atoms with van der Waals surface area (Å²) < 4.78 is 7.76. The largest absolute Gasteiger partial charge is 0.438 e. The summed E-state index contributed by atoms with van der Waals surface area (Å²) in [5, 5.41) is 7.43. The highest BCUT2D eigenvalue weighted by Crippen LogP contribution is 2.33. The van der Waals surface area contributed by atoms with Crippen molar-refractivity contribution in [3.8, 4) is 22.9 Å². The van der Waals surface area contributed by atoms with Crippen LogP contribution in [-0.2, 0) is 12.5 Å². The molecule has 1 aromatic carbocycles. The van der Waals surface area contributed by atoms with E-state index in [2.05, 4.69) is 46.1 Å². The number of aromatic nitrogens is 5. The lowest BCUT2D eigenvalue weighted by Gasteiger charge is -2.13. The van der Waals surface area contributed by atoms with Crippen LogP contribution in [0.3, 0.4) is 0 Å². The second-order valence-electron chi connectivity index (χ2n) is 8.78. The smallest absolute Gasteiger partial charge is 0.273 e. The van der Waals surface area contributed by atoms with Crippen molar-refractivity contribution in [2.45, 2.75) is 33.1 Å². The van der Waals surface area contributed by atoms with E-state index >= 15 is 0 Å². The third-order valence-corrected chi connectivity index (χ3v) is 5.16. The third-order valence-electron chi connectivity index (χ3n) is 5.16. The number of rotatable bonds is 5. The summed E-state index contributed by atoms with van der Waals surface area (Å²) in [5.74, 6) is 0.765. The van der Waals surface area contributed by atoms with Crippen LogP contribution in [0.4, 0.5) is 5.69 Å². The van der Waals surface area contributed by atoms with Crippen LogP contribution in [0.15, 0.2) is 61.2 Å². The molecule has 4 aromatic rings. The van der Waals surface area contributed by atoms with Gasteiger partial charge in [0.2, 0.25) is 5.88 Å². The summed E-state index contributed by atoms with van der Waals surface area (Å²) in [6, 6.07) is 12.9. The summed E-state index contributed by atoms with van der Waals surface area (Å²) in [6.45, 7) is 8.13. The number of hydrogen-bond acceptors (Lipinski definition) is 6. The normalized spacial score (nSPS) is 11.3. The van der Waals surface area contributed by atoms with Gasteiger partial charge in [0.1, 0.15) is 17.8 Å². The average molecular weight is 443 g/mol. The van der Waals surface area contributed by atoms with E-state index < -0.39 is 0 Å². The Bertz CT molecular complexity index is 1290. The number of ether oxygens (including phenoxy) is 1. The summed E-state index contributed by atoms with van der Waals surface area (Å²) in [4.78, 5) is 25.6. The van der Waals surface area contributed by atoms with Gasteiger partial charge in [0.25, 0.3) is 5.91 Å². The molecule has 8 nitrogen and oxygen atoms in total. The summed E-state index contributed by atoms with van der Waals surface area (Å²) in [5.41, 5.74) is 4.17. The van der Waals surface area contributed by atoms with E-state index in [1.165, 1.54) is 6.33 Å². The van der Waals surface area contributed by atoms with Gasteiger partial charge in [0, 0.05) is 36.6 Å². The molecular weight excluding hydrogens is 416 g/mol. The van der Waals surface area contributed by atoms with E-state index in [1.54, 1.807) is 36.3 Å². The van der Waals surface area contributed by atoms with Gasteiger partial charge in [-0.3, -0.25) is 9.48 Å². The molecule has 0 spiro atoms. The van der Waals surface area contributed by atoms with Crippen LogP contribution in [0, 0.1) is 6.92 Å². The van der Waals surface area contributed by atoms with Gasteiger partial charge in [-0.2, -0.15) is 5.10 Å². The van der Waals surface area contributed by atoms with E-state index in [4.69, 9.17) is 4.74 Å². The van der Waals surface area contributed by atoms with Gasteiger partial charge in [0.15, 0.2) is 0 Å². The molecular formula is C25H26N6O2. The highest BCUT2D eigenvalue weighted by atomic mass is 16.5. The maximum Gasteiger partial charge on any atom is 0.273 e. The minimum Gasteiger partial charge on any atom is -0.438 e. The van der Waals surface area contributed by atoms with Crippen molar-refractivity contribution in [3.63, 3.8) is 0 Å². The maximum atomic E-state index is 12.9. The molecule has 4 rings (SSSR count). The topological polar surface area (TPSA) is 94.8 Å². The van der Waals surface area contributed by atoms with Crippen LogP contribution in [0.25, 0.3) is 11.3 Å². The lowest BCUT2D eigenvalue weighted by atomic mass is 9.92. The van der Waals surface area contributed by atoms with Crippen LogP contribution in [0.2, 0.25) is 0 Å². The minimum atomic E-state index is -0.241. The van der Waals surface area contributed by atoms with E-state index in [0.717, 1.165) is 16.8 Å². The molecule has 0 aliphatic rings. The lowest BCUT2D eigenvalue weighted by molar-refractivity contribution is 0.101. The molecule has 1 N–H and O–H groups in total. The van der Waals surface area contributed by atoms with Crippen LogP contribution in [-0.4, -0.2) is 30.6 Å². The second kappa shape index (κ2) is 8.82. The van der Waals surface area contributed by atoms with Crippen LogP contribution in [0.5, 0.6) is 11.6 Å². The van der Waals surface area contributed by atoms with Gasteiger partial charge in [0.05, 0.1) is 17.0 Å². The number of carbonyl (C=O) groups excluding carboxylic acids is 1. The Balaban J connectivity index is 1.59. The first-order valence-electron chi connectivity index (χ1n) is 10.6. The Morgan fingerprint density at radius 3 is 2.58 bits per heavy atom. The molecule has 1 amide bonds. The van der Waals surface area contributed by atoms with Crippen molar-refractivity contribution >= 4 is 11.6 Å². The van der Waals surface area contributed by atoms with Gasteiger partial charge in [-0.05, 0) is 42.8 Å². The quantitative estimate of drug-likeness (QED) is 0.471. The molecule has 0 radical (unpaired) electrons. The van der Waals surface area contributed by atoms with Gasteiger partial charge in [-0.1, -0.05) is 26.8 Å². The van der Waals surface area contributed by atoms with Crippen molar-refractivity contribution in [2.75, 3.05) is 5.32 Å². The zero-order valence-corrected chi connectivity index (χ0v) is 19.3. The van der Waals surface area contributed by atoms with E-state index in [-0.39, 0.29) is 11.3 Å². The minimum absolute atomic E-state index is 0.148. The fourth-order valence-electron chi connectivity index (χ4n) is 3.25. The number of carbonyl (C=O) groups is 1. The first kappa shape index (κ1) is 22.1. The van der Waals surface area contributed by atoms with Crippen molar-refractivity contribution in [2.24, 2.45) is 7.05 Å². The zero-order chi connectivity index (χ0) is 23.6.